The van der Waals surface area contributed by atoms with Crippen molar-refractivity contribution in [2.75, 3.05) is 6.61 Å². The predicted molar refractivity (Wildman–Crippen MR) is 66.4 cm³/mol. The normalized spacial score (nSPS) is 25.6. The van der Waals surface area contributed by atoms with Gasteiger partial charge in [-0.05, 0) is 42.7 Å². The van der Waals surface area contributed by atoms with Gasteiger partial charge in [-0.2, -0.15) is 0 Å². The van der Waals surface area contributed by atoms with Crippen LogP contribution in [-0.4, -0.2) is 17.8 Å². The van der Waals surface area contributed by atoms with Crippen LogP contribution in [0, 0.1) is 0 Å². The van der Waals surface area contributed by atoms with E-state index in [1.165, 1.54) is 30.4 Å². The SMILES string of the molecule is N[C@@H]1CCC[C@H](c2ccc(CCO)cc2)C1. The summed E-state index contributed by atoms with van der Waals surface area (Å²) in [6.45, 7) is 0.230. The second kappa shape index (κ2) is 5.46. The van der Waals surface area contributed by atoms with Crippen LogP contribution in [0.25, 0.3) is 0 Å². The van der Waals surface area contributed by atoms with Gasteiger partial charge in [-0.15, -0.1) is 0 Å². The molecule has 0 radical (unpaired) electrons. The molecule has 3 N–H and O–H groups in total. The first kappa shape index (κ1) is 11.6. The van der Waals surface area contributed by atoms with Gasteiger partial charge < -0.3 is 10.8 Å². The molecule has 1 aromatic carbocycles. The number of hydrogen-bond donors (Lipinski definition) is 2. The second-order valence-corrected chi connectivity index (χ2v) is 4.84. The van der Waals surface area contributed by atoms with Crippen molar-refractivity contribution in [2.45, 2.75) is 44.1 Å². The Labute approximate surface area is 97.5 Å². The minimum Gasteiger partial charge on any atom is -0.396 e. The van der Waals surface area contributed by atoms with Gasteiger partial charge in [0, 0.05) is 12.6 Å². The number of aliphatic hydroxyl groups excluding tert-OH is 1. The summed E-state index contributed by atoms with van der Waals surface area (Å²) >= 11 is 0. The van der Waals surface area contributed by atoms with Crippen LogP contribution in [0.1, 0.15) is 42.7 Å². The zero-order chi connectivity index (χ0) is 11.4. The first-order valence-electron chi connectivity index (χ1n) is 6.25. The van der Waals surface area contributed by atoms with E-state index in [0.29, 0.717) is 12.0 Å². The van der Waals surface area contributed by atoms with E-state index < -0.39 is 0 Å². The summed E-state index contributed by atoms with van der Waals surface area (Å²) in [6.07, 6.45) is 5.58. The molecule has 2 nitrogen and oxygen atoms in total. The van der Waals surface area contributed by atoms with E-state index in [9.17, 15) is 0 Å². The smallest absolute Gasteiger partial charge is 0.0471 e. The molecule has 1 aromatic rings. The van der Waals surface area contributed by atoms with E-state index in [2.05, 4.69) is 24.3 Å². The van der Waals surface area contributed by atoms with E-state index in [0.717, 1.165) is 12.8 Å². The summed E-state index contributed by atoms with van der Waals surface area (Å²) in [7, 11) is 0. The van der Waals surface area contributed by atoms with Gasteiger partial charge in [0.05, 0.1) is 0 Å². The Morgan fingerprint density at radius 2 is 1.94 bits per heavy atom. The molecule has 16 heavy (non-hydrogen) atoms. The van der Waals surface area contributed by atoms with Crippen LogP contribution < -0.4 is 5.73 Å². The van der Waals surface area contributed by atoms with Crippen LogP contribution in [0.2, 0.25) is 0 Å². The van der Waals surface area contributed by atoms with Crippen molar-refractivity contribution in [1.29, 1.82) is 0 Å². The Kier molecular flexibility index (Phi) is 3.97. The molecular formula is C14H21NO. The monoisotopic (exact) mass is 219 g/mol. The molecule has 0 amide bonds. The highest BCUT2D eigenvalue weighted by Gasteiger charge is 2.20. The lowest BCUT2D eigenvalue weighted by molar-refractivity contribution is 0.299. The first-order chi connectivity index (χ1) is 7.79. The largest absolute Gasteiger partial charge is 0.396 e. The summed E-state index contributed by atoms with van der Waals surface area (Å²) in [4.78, 5) is 0. The summed E-state index contributed by atoms with van der Waals surface area (Å²) < 4.78 is 0. The molecule has 0 heterocycles. The van der Waals surface area contributed by atoms with Gasteiger partial charge in [0.15, 0.2) is 0 Å². The zero-order valence-electron chi connectivity index (χ0n) is 9.73. The Bertz CT molecular complexity index is 320. The molecule has 88 valence electrons. The number of aliphatic hydroxyl groups is 1. The predicted octanol–water partition coefficient (Wildman–Crippen LogP) is 2.21. The summed E-state index contributed by atoms with van der Waals surface area (Å²) in [5.74, 6) is 0.645. The standard InChI is InChI=1S/C14H21NO/c15-14-3-1-2-13(10-14)12-6-4-11(5-7-12)8-9-16/h4-7,13-14,16H,1-3,8-10,15H2/t13-,14+/m0/s1. The quantitative estimate of drug-likeness (QED) is 0.818. The van der Waals surface area contributed by atoms with Gasteiger partial charge in [-0.3, -0.25) is 0 Å². The van der Waals surface area contributed by atoms with Gasteiger partial charge in [-0.25, -0.2) is 0 Å². The molecule has 0 unspecified atom stereocenters. The third-order valence-corrected chi connectivity index (χ3v) is 3.57. The molecule has 2 rings (SSSR count). The third-order valence-electron chi connectivity index (χ3n) is 3.57. The van der Waals surface area contributed by atoms with Gasteiger partial charge in [0.25, 0.3) is 0 Å². The van der Waals surface area contributed by atoms with E-state index in [-0.39, 0.29) is 6.61 Å². The maximum atomic E-state index is 8.86. The van der Waals surface area contributed by atoms with E-state index in [1.54, 1.807) is 0 Å². The number of benzene rings is 1. The fraction of sp³-hybridized carbons (Fsp3) is 0.571. The molecule has 1 aliphatic rings. The second-order valence-electron chi connectivity index (χ2n) is 4.84. The number of nitrogens with two attached hydrogens (primary N) is 1. The van der Waals surface area contributed by atoms with E-state index >= 15 is 0 Å². The minimum atomic E-state index is 0.230. The molecule has 1 saturated carbocycles. The van der Waals surface area contributed by atoms with Crippen LogP contribution in [0.5, 0.6) is 0 Å². The molecule has 0 bridgehead atoms. The van der Waals surface area contributed by atoms with Crippen molar-refractivity contribution in [3.8, 4) is 0 Å². The van der Waals surface area contributed by atoms with Crippen molar-refractivity contribution < 1.29 is 5.11 Å². The van der Waals surface area contributed by atoms with Crippen LogP contribution in [0.15, 0.2) is 24.3 Å². The van der Waals surface area contributed by atoms with Crippen molar-refractivity contribution in [1.82, 2.24) is 0 Å². The number of rotatable bonds is 3. The van der Waals surface area contributed by atoms with Gasteiger partial charge >= 0.3 is 0 Å². The van der Waals surface area contributed by atoms with Crippen LogP contribution in [0.4, 0.5) is 0 Å². The lowest BCUT2D eigenvalue weighted by Gasteiger charge is -2.27. The molecule has 0 aliphatic heterocycles. The summed E-state index contributed by atoms with van der Waals surface area (Å²) in [6, 6.07) is 9.05. The first-order valence-corrected chi connectivity index (χ1v) is 6.25. The maximum Gasteiger partial charge on any atom is 0.0471 e. The molecule has 1 aliphatic carbocycles. The molecule has 2 heteroatoms. The molecule has 0 saturated heterocycles. The average molecular weight is 219 g/mol. The Morgan fingerprint density at radius 1 is 1.19 bits per heavy atom. The van der Waals surface area contributed by atoms with Crippen LogP contribution >= 0.6 is 0 Å². The van der Waals surface area contributed by atoms with Crippen molar-refractivity contribution >= 4 is 0 Å². The van der Waals surface area contributed by atoms with E-state index in [4.69, 9.17) is 10.8 Å². The molecular weight excluding hydrogens is 198 g/mol. The van der Waals surface area contributed by atoms with Crippen molar-refractivity contribution in [3.05, 3.63) is 35.4 Å². The molecule has 0 spiro atoms. The summed E-state index contributed by atoms with van der Waals surface area (Å²) in [5.41, 5.74) is 8.63. The maximum absolute atomic E-state index is 8.86. The highest BCUT2D eigenvalue weighted by molar-refractivity contribution is 5.26. The lowest BCUT2D eigenvalue weighted by atomic mass is 9.81. The molecule has 0 aromatic heterocycles. The topological polar surface area (TPSA) is 46.2 Å². The van der Waals surface area contributed by atoms with Gasteiger partial charge in [0.1, 0.15) is 0 Å². The van der Waals surface area contributed by atoms with E-state index in [1.807, 2.05) is 0 Å². The highest BCUT2D eigenvalue weighted by Crippen LogP contribution is 2.32. The Morgan fingerprint density at radius 3 is 2.56 bits per heavy atom. The van der Waals surface area contributed by atoms with Gasteiger partial charge in [-0.1, -0.05) is 30.7 Å². The fourth-order valence-corrected chi connectivity index (χ4v) is 2.62. The van der Waals surface area contributed by atoms with Crippen molar-refractivity contribution in [2.24, 2.45) is 5.73 Å². The fourth-order valence-electron chi connectivity index (χ4n) is 2.62. The van der Waals surface area contributed by atoms with Crippen LogP contribution in [0.3, 0.4) is 0 Å². The Hall–Kier alpha value is -0.860. The average Bonchev–Trinajstić information content (AvgIpc) is 2.30. The summed E-state index contributed by atoms with van der Waals surface area (Å²) in [5, 5.41) is 8.86. The highest BCUT2D eigenvalue weighted by atomic mass is 16.2. The molecule has 2 atom stereocenters. The van der Waals surface area contributed by atoms with Crippen molar-refractivity contribution in [3.63, 3.8) is 0 Å². The van der Waals surface area contributed by atoms with Crippen LogP contribution in [-0.2, 0) is 6.42 Å². The molecule has 1 fully saturated rings. The third kappa shape index (κ3) is 2.83. The Balaban J connectivity index is 2.03. The van der Waals surface area contributed by atoms with Gasteiger partial charge in [0.2, 0.25) is 0 Å². The zero-order valence-corrected chi connectivity index (χ0v) is 9.73. The minimum absolute atomic E-state index is 0.230. The number of hydrogen-bond acceptors (Lipinski definition) is 2. The lowest BCUT2D eigenvalue weighted by Crippen LogP contribution is -2.26.